The van der Waals surface area contributed by atoms with Crippen molar-refractivity contribution in [2.45, 2.75) is 6.92 Å². The van der Waals surface area contributed by atoms with Crippen LogP contribution in [0.25, 0.3) is 0 Å². The van der Waals surface area contributed by atoms with Gasteiger partial charge in [0.25, 0.3) is 0 Å². The van der Waals surface area contributed by atoms with Crippen molar-refractivity contribution in [1.82, 2.24) is 15.2 Å². The molecule has 0 aliphatic rings. The molecule has 150 valence electrons. The van der Waals surface area contributed by atoms with E-state index in [2.05, 4.69) is 25.8 Å². The minimum absolute atomic E-state index is 0.305. The van der Waals surface area contributed by atoms with Gasteiger partial charge in [-0.3, -0.25) is 0 Å². The van der Waals surface area contributed by atoms with E-state index in [-0.39, 0.29) is 5.97 Å². The molecule has 0 saturated heterocycles. The number of aromatic nitrogens is 3. The third-order valence-corrected chi connectivity index (χ3v) is 3.87. The first-order valence-electron chi connectivity index (χ1n) is 8.86. The second-order valence-electron chi connectivity index (χ2n) is 5.78. The van der Waals surface area contributed by atoms with Crippen molar-refractivity contribution in [2.75, 3.05) is 31.5 Å². The van der Waals surface area contributed by atoms with E-state index in [4.69, 9.17) is 14.2 Å². The number of benzene rings is 2. The zero-order valence-corrected chi connectivity index (χ0v) is 16.3. The summed E-state index contributed by atoms with van der Waals surface area (Å²) in [6.45, 7) is 2.10. The quantitative estimate of drug-likeness (QED) is 0.554. The maximum atomic E-state index is 11.7. The highest BCUT2D eigenvalue weighted by Crippen LogP contribution is 2.30. The predicted molar refractivity (Wildman–Crippen MR) is 108 cm³/mol. The molecular formula is C20H21N5O4. The molecule has 9 heteroatoms. The van der Waals surface area contributed by atoms with Crippen LogP contribution < -0.4 is 20.1 Å². The van der Waals surface area contributed by atoms with Gasteiger partial charge in [0.05, 0.1) is 32.6 Å². The molecule has 29 heavy (non-hydrogen) atoms. The summed E-state index contributed by atoms with van der Waals surface area (Å²) in [5, 5.41) is 14.1. The topological polar surface area (TPSA) is 107 Å². The Morgan fingerprint density at radius 1 is 0.966 bits per heavy atom. The van der Waals surface area contributed by atoms with Gasteiger partial charge in [-0.2, -0.15) is 10.1 Å². The van der Waals surface area contributed by atoms with Gasteiger partial charge in [-0.25, -0.2) is 4.79 Å². The number of carbonyl (C=O) groups is 1. The zero-order valence-electron chi connectivity index (χ0n) is 16.3. The molecule has 0 bridgehead atoms. The van der Waals surface area contributed by atoms with Gasteiger partial charge in [0, 0.05) is 17.4 Å². The monoisotopic (exact) mass is 395 g/mol. The summed E-state index contributed by atoms with van der Waals surface area (Å²) < 4.78 is 15.5. The number of rotatable bonds is 8. The number of anilines is 4. The number of ether oxygens (including phenoxy) is 3. The molecule has 1 aromatic heterocycles. The molecule has 9 nitrogen and oxygen atoms in total. The largest absolute Gasteiger partial charge is 0.493 e. The van der Waals surface area contributed by atoms with Gasteiger partial charge in [0.2, 0.25) is 5.95 Å². The fourth-order valence-corrected chi connectivity index (χ4v) is 2.51. The molecule has 0 aliphatic heterocycles. The predicted octanol–water partition coefficient (Wildman–Crippen LogP) is 3.55. The van der Waals surface area contributed by atoms with Gasteiger partial charge in [-0.1, -0.05) is 0 Å². The molecular weight excluding hydrogens is 374 g/mol. The van der Waals surface area contributed by atoms with E-state index in [9.17, 15) is 4.79 Å². The average molecular weight is 395 g/mol. The third kappa shape index (κ3) is 5.10. The van der Waals surface area contributed by atoms with Gasteiger partial charge in [0.1, 0.15) is 0 Å². The molecule has 0 atom stereocenters. The van der Waals surface area contributed by atoms with Gasteiger partial charge >= 0.3 is 5.97 Å². The van der Waals surface area contributed by atoms with Crippen LogP contribution in [0.4, 0.5) is 23.1 Å². The van der Waals surface area contributed by atoms with Gasteiger partial charge in [-0.05, 0) is 43.3 Å². The molecule has 2 N–H and O–H groups in total. The van der Waals surface area contributed by atoms with E-state index in [1.807, 2.05) is 6.07 Å². The van der Waals surface area contributed by atoms with Crippen LogP contribution in [0.5, 0.6) is 11.5 Å². The molecule has 0 amide bonds. The van der Waals surface area contributed by atoms with Crippen LogP contribution in [-0.2, 0) is 4.74 Å². The number of carbonyl (C=O) groups excluding carboxylic acids is 1. The Hall–Kier alpha value is -3.88. The summed E-state index contributed by atoms with van der Waals surface area (Å²) in [5.74, 6) is 1.67. The fraction of sp³-hybridized carbons (Fsp3) is 0.200. The van der Waals surface area contributed by atoms with Crippen LogP contribution in [0.15, 0.2) is 48.7 Å². The minimum Gasteiger partial charge on any atom is -0.493 e. The van der Waals surface area contributed by atoms with Crippen molar-refractivity contribution in [1.29, 1.82) is 0 Å². The third-order valence-electron chi connectivity index (χ3n) is 3.87. The summed E-state index contributed by atoms with van der Waals surface area (Å²) in [6, 6.07) is 12.2. The van der Waals surface area contributed by atoms with Gasteiger partial charge in [-0.15, -0.1) is 5.10 Å². The van der Waals surface area contributed by atoms with E-state index < -0.39 is 0 Å². The van der Waals surface area contributed by atoms with Crippen LogP contribution in [0, 0.1) is 0 Å². The number of hydrogen-bond acceptors (Lipinski definition) is 9. The molecule has 2 aromatic carbocycles. The molecule has 0 spiro atoms. The van der Waals surface area contributed by atoms with Crippen LogP contribution >= 0.6 is 0 Å². The molecule has 0 saturated carbocycles. The summed E-state index contributed by atoms with van der Waals surface area (Å²) in [7, 11) is 3.15. The van der Waals surface area contributed by atoms with E-state index in [0.29, 0.717) is 41.1 Å². The second kappa shape index (κ2) is 9.36. The molecule has 0 radical (unpaired) electrons. The number of nitrogens with one attached hydrogen (secondary N) is 2. The lowest BCUT2D eigenvalue weighted by molar-refractivity contribution is 0.0526. The summed E-state index contributed by atoms with van der Waals surface area (Å²) in [6.07, 6.45) is 1.51. The zero-order chi connectivity index (χ0) is 20.6. The number of nitrogens with zero attached hydrogens (tertiary/aromatic N) is 3. The number of methoxy groups -OCH3 is 2. The van der Waals surface area contributed by atoms with E-state index >= 15 is 0 Å². The minimum atomic E-state index is -0.363. The first-order chi connectivity index (χ1) is 14.1. The Morgan fingerprint density at radius 2 is 1.69 bits per heavy atom. The Bertz CT molecular complexity index is 979. The van der Waals surface area contributed by atoms with Crippen molar-refractivity contribution in [3.63, 3.8) is 0 Å². The van der Waals surface area contributed by atoms with E-state index in [0.717, 1.165) is 5.69 Å². The Morgan fingerprint density at radius 3 is 2.38 bits per heavy atom. The SMILES string of the molecule is CCOC(=O)c1ccc(Nc2nncc(Nc3ccc(OC)c(OC)c3)n2)cc1. The highest BCUT2D eigenvalue weighted by Gasteiger charge is 2.08. The fourth-order valence-electron chi connectivity index (χ4n) is 2.51. The average Bonchev–Trinajstić information content (AvgIpc) is 2.74. The van der Waals surface area contributed by atoms with Crippen molar-refractivity contribution in [3.05, 3.63) is 54.2 Å². The van der Waals surface area contributed by atoms with Crippen LogP contribution in [0.2, 0.25) is 0 Å². The number of hydrogen-bond donors (Lipinski definition) is 2. The lowest BCUT2D eigenvalue weighted by Gasteiger charge is -2.11. The molecule has 0 aliphatic carbocycles. The second-order valence-corrected chi connectivity index (χ2v) is 5.78. The Labute approximate surface area is 168 Å². The lowest BCUT2D eigenvalue weighted by Crippen LogP contribution is -2.05. The van der Waals surface area contributed by atoms with E-state index in [1.165, 1.54) is 6.20 Å². The smallest absolute Gasteiger partial charge is 0.338 e. The lowest BCUT2D eigenvalue weighted by atomic mass is 10.2. The first-order valence-corrected chi connectivity index (χ1v) is 8.86. The van der Waals surface area contributed by atoms with Crippen molar-refractivity contribution >= 4 is 29.1 Å². The Kier molecular flexibility index (Phi) is 6.41. The standard InChI is InChI=1S/C20H21N5O4/c1-4-29-19(26)13-5-7-14(8-6-13)23-20-24-18(12-21-25-20)22-15-9-10-16(27-2)17(11-15)28-3/h5-12H,4H2,1-3H3,(H2,22,23,24,25). The van der Waals surface area contributed by atoms with Crippen LogP contribution in [-0.4, -0.2) is 42.0 Å². The van der Waals surface area contributed by atoms with Crippen molar-refractivity contribution < 1.29 is 19.0 Å². The maximum Gasteiger partial charge on any atom is 0.338 e. The highest BCUT2D eigenvalue weighted by atomic mass is 16.5. The highest BCUT2D eigenvalue weighted by molar-refractivity contribution is 5.89. The Balaban J connectivity index is 1.70. The number of esters is 1. The van der Waals surface area contributed by atoms with E-state index in [1.54, 1.807) is 57.5 Å². The molecule has 3 rings (SSSR count). The first kappa shape index (κ1) is 19.9. The van der Waals surface area contributed by atoms with Gasteiger partial charge < -0.3 is 24.8 Å². The van der Waals surface area contributed by atoms with Crippen molar-refractivity contribution in [2.24, 2.45) is 0 Å². The summed E-state index contributed by atoms with van der Waals surface area (Å²) >= 11 is 0. The molecule has 3 aromatic rings. The maximum absolute atomic E-state index is 11.7. The normalized spacial score (nSPS) is 10.2. The summed E-state index contributed by atoms with van der Waals surface area (Å²) in [5.41, 5.74) is 1.94. The summed E-state index contributed by atoms with van der Waals surface area (Å²) in [4.78, 5) is 16.1. The molecule has 0 fully saturated rings. The molecule has 0 unspecified atom stereocenters. The van der Waals surface area contributed by atoms with Crippen LogP contribution in [0.3, 0.4) is 0 Å². The van der Waals surface area contributed by atoms with Crippen molar-refractivity contribution in [3.8, 4) is 11.5 Å². The van der Waals surface area contributed by atoms with Crippen LogP contribution in [0.1, 0.15) is 17.3 Å². The van der Waals surface area contributed by atoms with Gasteiger partial charge in [0.15, 0.2) is 17.3 Å². The molecule has 1 heterocycles.